The van der Waals surface area contributed by atoms with Gasteiger partial charge in [0.2, 0.25) is 10.0 Å². The van der Waals surface area contributed by atoms with Gasteiger partial charge >= 0.3 is 0 Å². The highest BCUT2D eigenvalue weighted by atomic mass is 35.5. The van der Waals surface area contributed by atoms with Crippen LogP contribution in [-0.2, 0) is 10.0 Å². The summed E-state index contributed by atoms with van der Waals surface area (Å²) in [6.07, 6.45) is 3.07. The molecule has 0 spiro atoms. The number of carbonyl (C=O) groups is 1. The number of likely N-dealkylation sites (tertiary alicyclic amines) is 1. The first-order valence-corrected chi connectivity index (χ1v) is 11.3. The minimum atomic E-state index is -3.51. The maximum Gasteiger partial charge on any atom is 0.254 e. The van der Waals surface area contributed by atoms with E-state index in [1.54, 1.807) is 28.6 Å². The number of nitrogens with zero attached hydrogens (tertiary/aromatic N) is 2. The molecule has 2 saturated heterocycles. The first kappa shape index (κ1) is 23.1. The van der Waals surface area contributed by atoms with Crippen LogP contribution in [0, 0.1) is 11.8 Å². The zero-order valence-electron chi connectivity index (χ0n) is 16.9. The van der Waals surface area contributed by atoms with E-state index in [0.717, 1.165) is 32.4 Å². The third-order valence-corrected chi connectivity index (χ3v) is 7.50. The quantitative estimate of drug-likeness (QED) is 0.781. The number of benzene rings is 1. The fourth-order valence-corrected chi connectivity index (χ4v) is 6.12. The summed E-state index contributed by atoms with van der Waals surface area (Å²) in [5, 5.41) is 3.14. The van der Waals surface area contributed by atoms with E-state index in [-0.39, 0.29) is 29.3 Å². The first-order valence-electron chi connectivity index (χ1n) is 9.88. The van der Waals surface area contributed by atoms with Gasteiger partial charge < -0.3 is 10.2 Å². The van der Waals surface area contributed by atoms with Crippen LogP contribution >= 0.6 is 12.4 Å². The zero-order valence-corrected chi connectivity index (χ0v) is 18.6. The lowest BCUT2D eigenvalue weighted by Gasteiger charge is -2.34. The van der Waals surface area contributed by atoms with Crippen LogP contribution in [0.5, 0.6) is 0 Å². The molecule has 6 nitrogen and oxygen atoms in total. The van der Waals surface area contributed by atoms with Gasteiger partial charge in [0, 0.05) is 37.8 Å². The summed E-state index contributed by atoms with van der Waals surface area (Å²) in [6, 6.07) is 6.68. The minimum absolute atomic E-state index is 0. The van der Waals surface area contributed by atoms with Gasteiger partial charge in [-0.05, 0) is 62.4 Å². The maximum absolute atomic E-state index is 13.0. The summed E-state index contributed by atoms with van der Waals surface area (Å²) in [7, 11) is -1.62. The molecule has 158 valence electrons. The van der Waals surface area contributed by atoms with Crippen molar-refractivity contribution in [2.24, 2.45) is 11.8 Å². The van der Waals surface area contributed by atoms with Gasteiger partial charge in [0.15, 0.2) is 0 Å². The number of rotatable bonds is 5. The highest BCUT2D eigenvalue weighted by molar-refractivity contribution is 7.89. The topological polar surface area (TPSA) is 69.7 Å². The van der Waals surface area contributed by atoms with E-state index >= 15 is 0 Å². The standard InChI is InChI=1S/C20H31N3O3S.ClH/c1-15-11-16(2)14-22(13-15)27(25,26)19-8-6-17(7-9-19)20(24)23-10-4-5-18(23)12-21-3;/h6-9,15-16,18,21H,4-5,10-14H2,1-3H3;1H. The number of halogens is 1. The molecule has 2 fully saturated rings. The second-order valence-corrected chi connectivity index (χ2v) is 10.1. The van der Waals surface area contributed by atoms with E-state index in [9.17, 15) is 13.2 Å². The van der Waals surface area contributed by atoms with Crippen molar-refractivity contribution in [1.29, 1.82) is 0 Å². The number of piperidine rings is 1. The summed E-state index contributed by atoms with van der Waals surface area (Å²) >= 11 is 0. The second-order valence-electron chi connectivity index (χ2n) is 8.14. The van der Waals surface area contributed by atoms with Crippen molar-refractivity contribution < 1.29 is 13.2 Å². The predicted molar refractivity (Wildman–Crippen MR) is 113 cm³/mol. The number of hydrogen-bond acceptors (Lipinski definition) is 4. The molecule has 1 aromatic rings. The second kappa shape index (κ2) is 9.57. The normalized spacial score (nSPS) is 26.1. The molecule has 2 aliphatic rings. The van der Waals surface area contributed by atoms with Crippen molar-refractivity contribution in [3.8, 4) is 0 Å². The van der Waals surface area contributed by atoms with Crippen LogP contribution < -0.4 is 5.32 Å². The molecular weight excluding hydrogens is 398 g/mol. The third kappa shape index (κ3) is 4.87. The molecule has 1 amide bonds. The monoisotopic (exact) mass is 429 g/mol. The van der Waals surface area contributed by atoms with Gasteiger partial charge in [-0.1, -0.05) is 13.8 Å². The molecule has 1 N–H and O–H groups in total. The summed E-state index contributed by atoms with van der Waals surface area (Å²) in [4.78, 5) is 15.0. The number of amides is 1. The van der Waals surface area contributed by atoms with Crippen molar-refractivity contribution in [1.82, 2.24) is 14.5 Å². The minimum Gasteiger partial charge on any atom is -0.334 e. The Morgan fingerprint density at radius 2 is 1.75 bits per heavy atom. The fourth-order valence-electron chi connectivity index (χ4n) is 4.44. The maximum atomic E-state index is 13.0. The lowest BCUT2D eigenvalue weighted by atomic mass is 9.94. The van der Waals surface area contributed by atoms with Gasteiger partial charge in [0.1, 0.15) is 0 Å². The first-order chi connectivity index (χ1) is 12.8. The van der Waals surface area contributed by atoms with E-state index in [1.165, 1.54) is 0 Å². The van der Waals surface area contributed by atoms with E-state index in [4.69, 9.17) is 0 Å². The molecule has 0 radical (unpaired) electrons. The Morgan fingerprint density at radius 3 is 2.32 bits per heavy atom. The molecule has 8 heteroatoms. The van der Waals surface area contributed by atoms with E-state index < -0.39 is 10.0 Å². The molecule has 0 bridgehead atoms. The summed E-state index contributed by atoms with van der Waals surface area (Å²) in [5.74, 6) is 0.712. The molecule has 3 atom stereocenters. The van der Waals surface area contributed by atoms with Crippen LogP contribution in [-0.4, -0.2) is 62.8 Å². The molecule has 1 aromatic carbocycles. The van der Waals surface area contributed by atoms with Crippen LogP contribution in [0.3, 0.4) is 0 Å². The Hall–Kier alpha value is -1.15. The molecule has 3 rings (SSSR count). The molecule has 0 aromatic heterocycles. The van der Waals surface area contributed by atoms with E-state index in [2.05, 4.69) is 19.2 Å². The van der Waals surface area contributed by atoms with Gasteiger partial charge in [-0.3, -0.25) is 4.79 Å². The Labute approximate surface area is 175 Å². The van der Waals surface area contributed by atoms with E-state index in [0.29, 0.717) is 30.5 Å². The molecule has 28 heavy (non-hydrogen) atoms. The van der Waals surface area contributed by atoms with Crippen molar-refractivity contribution in [2.45, 2.75) is 44.0 Å². The SMILES string of the molecule is CNCC1CCCN1C(=O)c1ccc(S(=O)(=O)N2CC(C)CC(C)C2)cc1.Cl. The predicted octanol–water partition coefficient (Wildman–Crippen LogP) is 2.60. The molecular formula is C20H32ClN3O3S. The van der Waals surface area contributed by atoms with Crippen LogP contribution in [0.1, 0.15) is 43.5 Å². The lowest BCUT2D eigenvalue weighted by molar-refractivity contribution is 0.0737. The highest BCUT2D eigenvalue weighted by Crippen LogP contribution is 2.27. The van der Waals surface area contributed by atoms with E-state index in [1.807, 2.05) is 11.9 Å². The molecule has 3 unspecified atom stereocenters. The lowest BCUT2D eigenvalue weighted by Crippen LogP contribution is -2.42. The largest absolute Gasteiger partial charge is 0.334 e. The summed E-state index contributed by atoms with van der Waals surface area (Å²) < 4.78 is 27.5. The summed E-state index contributed by atoms with van der Waals surface area (Å²) in [5.41, 5.74) is 0.553. The van der Waals surface area contributed by atoms with Crippen LogP contribution in [0.25, 0.3) is 0 Å². The fraction of sp³-hybridized carbons (Fsp3) is 0.650. The zero-order chi connectivity index (χ0) is 19.6. The van der Waals surface area contributed by atoms with Crippen molar-refractivity contribution in [3.63, 3.8) is 0 Å². The average molecular weight is 430 g/mol. The number of sulfonamides is 1. The molecule has 2 aliphatic heterocycles. The number of hydrogen-bond donors (Lipinski definition) is 1. The van der Waals surface area contributed by atoms with Crippen molar-refractivity contribution in [2.75, 3.05) is 33.2 Å². The van der Waals surface area contributed by atoms with Gasteiger partial charge in [-0.25, -0.2) is 8.42 Å². The average Bonchev–Trinajstić information content (AvgIpc) is 3.09. The number of carbonyl (C=O) groups excluding carboxylic acids is 1. The van der Waals surface area contributed by atoms with Crippen molar-refractivity contribution >= 4 is 28.3 Å². The molecule has 2 heterocycles. The summed E-state index contributed by atoms with van der Waals surface area (Å²) in [6.45, 7) is 6.85. The Kier molecular flexibility index (Phi) is 7.90. The van der Waals surface area contributed by atoms with Crippen LogP contribution in [0.4, 0.5) is 0 Å². The Bertz CT molecular complexity index is 759. The Balaban J connectivity index is 0.00000280. The van der Waals surface area contributed by atoms with Crippen LogP contribution in [0.2, 0.25) is 0 Å². The van der Waals surface area contributed by atoms with Gasteiger partial charge in [0.05, 0.1) is 4.90 Å². The Morgan fingerprint density at radius 1 is 1.14 bits per heavy atom. The van der Waals surface area contributed by atoms with Gasteiger partial charge in [0.25, 0.3) is 5.91 Å². The molecule has 0 aliphatic carbocycles. The smallest absolute Gasteiger partial charge is 0.254 e. The number of nitrogens with one attached hydrogen (secondary N) is 1. The van der Waals surface area contributed by atoms with Gasteiger partial charge in [-0.15, -0.1) is 12.4 Å². The third-order valence-electron chi connectivity index (χ3n) is 5.65. The molecule has 0 saturated carbocycles. The van der Waals surface area contributed by atoms with Crippen LogP contribution in [0.15, 0.2) is 29.2 Å². The van der Waals surface area contributed by atoms with Gasteiger partial charge in [-0.2, -0.15) is 4.31 Å². The highest BCUT2D eigenvalue weighted by Gasteiger charge is 2.32. The number of likely N-dealkylation sites (N-methyl/N-ethyl adjacent to an activating group) is 1. The van der Waals surface area contributed by atoms with Crippen molar-refractivity contribution in [3.05, 3.63) is 29.8 Å².